The number of rotatable bonds is 2. The zero-order valence-corrected chi connectivity index (χ0v) is 9.45. The average Bonchev–Trinajstić information content (AvgIpc) is 1.97. The first kappa shape index (κ1) is 13.1. The molecule has 0 fully saturated rings. The maximum absolute atomic E-state index is 12.0. The summed E-state index contributed by atoms with van der Waals surface area (Å²) in [6.07, 6.45) is -4.97. The lowest BCUT2D eigenvalue weighted by atomic mass is 10.2. The van der Waals surface area contributed by atoms with Crippen LogP contribution in [-0.2, 0) is 9.05 Å². The van der Waals surface area contributed by atoms with Gasteiger partial charge in [-0.3, -0.25) is 0 Å². The van der Waals surface area contributed by atoms with E-state index in [1.54, 1.807) is 0 Å². The molecule has 3 nitrogen and oxygen atoms in total. The second-order valence-corrected chi connectivity index (χ2v) is 5.47. The van der Waals surface area contributed by atoms with Crippen molar-refractivity contribution in [2.75, 3.05) is 0 Å². The van der Waals surface area contributed by atoms with Crippen molar-refractivity contribution in [2.24, 2.45) is 0 Å². The van der Waals surface area contributed by atoms with E-state index >= 15 is 0 Å². The minimum atomic E-state index is -4.97. The Bertz CT molecular complexity index is 496. The molecule has 0 bridgehead atoms. The quantitative estimate of drug-likeness (QED) is 0.779. The molecular weight excluding hydrogens is 269 g/mol. The van der Waals surface area contributed by atoms with Crippen molar-refractivity contribution in [3.8, 4) is 5.75 Å². The molecule has 0 aliphatic rings. The molecule has 90 valence electrons. The van der Waals surface area contributed by atoms with Crippen molar-refractivity contribution in [1.82, 2.24) is 0 Å². The van der Waals surface area contributed by atoms with Gasteiger partial charge in [0.2, 0.25) is 0 Å². The van der Waals surface area contributed by atoms with Crippen LogP contribution in [0.25, 0.3) is 0 Å². The van der Waals surface area contributed by atoms with E-state index in [0.717, 1.165) is 12.1 Å². The zero-order valence-electron chi connectivity index (χ0n) is 7.88. The van der Waals surface area contributed by atoms with Gasteiger partial charge in [-0.25, -0.2) is 8.42 Å². The normalized spacial score (nSPS) is 12.6. The first-order valence-electron chi connectivity index (χ1n) is 3.90. The highest BCUT2D eigenvalue weighted by Crippen LogP contribution is 2.32. The Morgan fingerprint density at radius 2 is 1.88 bits per heavy atom. The number of halogens is 4. The fourth-order valence-electron chi connectivity index (χ4n) is 1.02. The summed E-state index contributed by atoms with van der Waals surface area (Å²) >= 11 is 0. The van der Waals surface area contributed by atoms with E-state index in [-0.39, 0.29) is 0 Å². The number of alkyl halides is 3. The SMILES string of the molecule is Cc1ccc(S(=O)(=O)Cl)c(OC(F)(F)F)c1. The Labute approximate surface area is 94.2 Å². The van der Waals surface area contributed by atoms with Gasteiger partial charge in [-0.1, -0.05) is 6.07 Å². The van der Waals surface area contributed by atoms with Crippen LogP contribution in [-0.4, -0.2) is 14.8 Å². The van der Waals surface area contributed by atoms with Gasteiger partial charge < -0.3 is 4.74 Å². The Balaban J connectivity index is 3.30. The first-order chi connectivity index (χ1) is 7.09. The highest BCUT2D eigenvalue weighted by atomic mass is 35.7. The summed E-state index contributed by atoms with van der Waals surface area (Å²) in [6.45, 7) is 1.49. The van der Waals surface area contributed by atoms with Gasteiger partial charge in [-0.05, 0) is 24.6 Å². The summed E-state index contributed by atoms with van der Waals surface area (Å²) < 4.78 is 61.5. The van der Waals surface area contributed by atoms with Crippen LogP contribution < -0.4 is 4.74 Å². The highest BCUT2D eigenvalue weighted by Gasteiger charge is 2.33. The van der Waals surface area contributed by atoms with Crippen molar-refractivity contribution in [3.05, 3.63) is 23.8 Å². The van der Waals surface area contributed by atoms with Crippen molar-refractivity contribution in [1.29, 1.82) is 0 Å². The highest BCUT2D eigenvalue weighted by molar-refractivity contribution is 8.13. The molecule has 1 aromatic rings. The van der Waals surface area contributed by atoms with Gasteiger partial charge in [0, 0.05) is 10.7 Å². The summed E-state index contributed by atoms with van der Waals surface area (Å²) in [4.78, 5) is -0.711. The van der Waals surface area contributed by atoms with Crippen LogP contribution in [0.2, 0.25) is 0 Å². The van der Waals surface area contributed by atoms with Crippen LogP contribution in [0.5, 0.6) is 5.75 Å². The molecule has 0 saturated heterocycles. The van der Waals surface area contributed by atoms with Crippen molar-refractivity contribution in [3.63, 3.8) is 0 Å². The average molecular weight is 275 g/mol. The topological polar surface area (TPSA) is 43.4 Å². The third kappa shape index (κ3) is 3.57. The first-order valence-corrected chi connectivity index (χ1v) is 6.21. The van der Waals surface area contributed by atoms with Gasteiger partial charge in [0.25, 0.3) is 9.05 Å². The standard InChI is InChI=1S/C8H6ClF3O3S/c1-5-2-3-7(16(9,13)14)6(4-5)15-8(10,11)12/h2-4H,1H3. The third-order valence-electron chi connectivity index (χ3n) is 1.59. The molecule has 1 rings (SSSR count). The molecule has 0 radical (unpaired) electrons. The summed E-state index contributed by atoms with van der Waals surface area (Å²) in [6, 6.07) is 3.22. The number of aryl methyl sites for hydroxylation is 1. The molecule has 1 aromatic carbocycles. The molecule has 0 aliphatic carbocycles. The number of hydrogen-bond donors (Lipinski definition) is 0. The van der Waals surface area contributed by atoms with Crippen LogP contribution in [0.1, 0.15) is 5.56 Å². The maximum atomic E-state index is 12.0. The number of ether oxygens (including phenoxy) is 1. The monoisotopic (exact) mass is 274 g/mol. The number of hydrogen-bond acceptors (Lipinski definition) is 3. The predicted molar refractivity (Wildman–Crippen MR) is 50.9 cm³/mol. The van der Waals surface area contributed by atoms with E-state index in [9.17, 15) is 21.6 Å². The van der Waals surface area contributed by atoms with Crippen molar-refractivity contribution in [2.45, 2.75) is 18.2 Å². The molecule has 0 saturated carbocycles. The lowest BCUT2D eigenvalue weighted by Gasteiger charge is -2.12. The largest absolute Gasteiger partial charge is 0.573 e. The summed E-state index contributed by atoms with van der Waals surface area (Å²) in [7, 11) is 0.694. The Hall–Kier alpha value is -0.950. The summed E-state index contributed by atoms with van der Waals surface area (Å²) in [5.41, 5.74) is 0.420. The van der Waals surface area contributed by atoms with E-state index in [1.165, 1.54) is 13.0 Å². The van der Waals surface area contributed by atoms with Crippen LogP contribution in [0.15, 0.2) is 23.1 Å². The van der Waals surface area contributed by atoms with E-state index in [4.69, 9.17) is 10.7 Å². The Morgan fingerprint density at radius 3 is 2.31 bits per heavy atom. The molecule has 8 heteroatoms. The van der Waals surface area contributed by atoms with Gasteiger partial charge in [0.05, 0.1) is 0 Å². The smallest absolute Gasteiger partial charge is 0.404 e. The lowest BCUT2D eigenvalue weighted by molar-refractivity contribution is -0.275. The molecule has 0 aliphatic heterocycles. The van der Waals surface area contributed by atoms with Crippen LogP contribution in [0.4, 0.5) is 13.2 Å². The van der Waals surface area contributed by atoms with E-state index in [0.29, 0.717) is 5.56 Å². The molecular formula is C8H6ClF3O3S. The van der Waals surface area contributed by atoms with Gasteiger partial charge in [0.15, 0.2) is 0 Å². The van der Waals surface area contributed by atoms with Crippen LogP contribution in [0, 0.1) is 6.92 Å². The van der Waals surface area contributed by atoms with Crippen molar-refractivity contribution < 1.29 is 26.3 Å². The van der Waals surface area contributed by atoms with Crippen molar-refractivity contribution >= 4 is 19.7 Å². The van der Waals surface area contributed by atoms with Gasteiger partial charge in [-0.15, -0.1) is 13.2 Å². The summed E-state index contributed by atoms with van der Waals surface area (Å²) in [5.74, 6) is -0.831. The van der Waals surface area contributed by atoms with Gasteiger partial charge in [-0.2, -0.15) is 0 Å². The molecule has 0 N–H and O–H groups in total. The molecule has 0 heterocycles. The molecule has 0 amide bonds. The fourth-order valence-corrected chi connectivity index (χ4v) is 1.98. The summed E-state index contributed by atoms with van der Waals surface area (Å²) in [5, 5.41) is 0. The molecule has 0 aromatic heterocycles. The lowest BCUT2D eigenvalue weighted by Crippen LogP contribution is -2.18. The predicted octanol–water partition coefficient (Wildman–Crippen LogP) is 2.82. The zero-order chi connectivity index (χ0) is 12.6. The van der Waals surface area contributed by atoms with E-state index in [2.05, 4.69) is 4.74 Å². The van der Waals surface area contributed by atoms with Gasteiger partial charge >= 0.3 is 6.36 Å². The molecule has 16 heavy (non-hydrogen) atoms. The Kier molecular flexibility index (Phi) is 3.39. The van der Waals surface area contributed by atoms with E-state index < -0.39 is 26.1 Å². The molecule has 0 atom stereocenters. The van der Waals surface area contributed by atoms with E-state index in [1.807, 2.05) is 0 Å². The molecule has 0 spiro atoms. The molecule has 0 unspecified atom stereocenters. The van der Waals surface area contributed by atoms with Crippen LogP contribution in [0.3, 0.4) is 0 Å². The second kappa shape index (κ2) is 4.14. The Morgan fingerprint density at radius 1 is 1.31 bits per heavy atom. The minimum Gasteiger partial charge on any atom is -0.404 e. The third-order valence-corrected chi connectivity index (χ3v) is 2.95. The van der Waals surface area contributed by atoms with Gasteiger partial charge in [0.1, 0.15) is 10.6 Å². The minimum absolute atomic E-state index is 0.420. The van der Waals surface area contributed by atoms with Crippen LogP contribution >= 0.6 is 10.7 Å². The maximum Gasteiger partial charge on any atom is 0.573 e. The fraction of sp³-hybridized carbons (Fsp3) is 0.250. The number of benzene rings is 1. The second-order valence-electron chi connectivity index (χ2n) is 2.94.